The van der Waals surface area contributed by atoms with Crippen molar-refractivity contribution < 1.29 is 5.11 Å². The van der Waals surface area contributed by atoms with E-state index in [0.29, 0.717) is 6.42 Å². The fourth-order valence-corrected chi connectivity index (χ4v) is 3.11. The van der Waals surface area contributed by atoms with Crippen LogP contribution in [0.1, 0.15) is 24.0 Å². The van der Waals surface area contributed by atoms with Crippen molar-refractivity contribution >= 4 is 11.8 Å². The fraction of sp³-hybridized carbons (Fsp3) is 0.500. The summed E-state index contributed by atoms with van der Waals surface area (Å²) in [6.45, 7) is 0. The van der Waals surface area contributed by atoms with Crippen LogP contribution >= 0.6 is 11.8 Å². The number of hydrogen-bond donors (Lipinski definition) is 1. The van der Waals surface area contributed by atoms with Gasteiger partial charge in [0.2, 0.25) is 0 Å². The predicted molar refractivity (Wildman–Crippen MR) is 71.1 cm³/mol. The summed E-state index contributed by atoms with van der Waals surface area (Å²) in [7, 11) is 0. The van der Waals surface area contributed by atoms with Gasteiger partial charge < -0.3 is 5.11 Å². The third kappa shape index (κ3) is 2.08. The average Bonchev–Trinajstić information content (AvgIpc) is 2.76. The van der Waals surface area contributed by atoms with Gasteiger partial charge in [0.15, 0.2) is 0 Å². The molecule has 2 nitrogen and oxygen atoms in total. The van der Waals surface area contributed by atoms with Crippen molar-refractivity contribution in [1.29, 1.82) is 5.26 Å². The van der Waals surface area contributed by atoms with Crippen molar-refractivity contribution in [2.24, 2.45) is 0 Å². The molecule has 3 heteroatoms. The minimum atomic E-state index is -0.674. The van der Waals surface area contributed by atoms with Crippen molar-refractivity contribution in [2.45, 2.75) is 30.8 Å². The van der Waals surface area contributed by atoms with E-state index >= 15 is 0 Å². The second-order valence-electron chi connectivity index (χ2n) is 4.54. The van der Waals surface area contributed by atoms with Crippen LogP contribution in [0.25, 0.3) is 0 Å². The molecule has 1 aromatic rings. The molecule has 0 radical (unpaired) electrons. The van der Waals surface area contributed by atoms with Gasteiger partial charge in [0.1, 0.15) is 5.41 Å². The summed E-state index contributed by atoms with van der Waals surface area (Å²) in [5.41, 5.74) is 1.58. The SMILES string of the molecule is CSCCC(O)C1(C#N)CCc2ccccc21. The van der Waals surface area contributed by atoms with Crippen LogP contribution in [0.15, 0.2) is 24.3 Å². The summed E-state index contributed by atoms with van der Waals surface area (Å²) in [5, 5.41) is 19.9. The first kappa shape index (κ1) is 12.5. The van der Waals surface area contributed by atoms with Crippen molar-refractivity contribution in [3.8, 4) is 6.07 Å². The molecule has 2 unspecified atom stereocenters. The maximum Gasteiger partial charge on any atom is 0.109 e. The van der Waals surface area contributed by atoms with Gasteiger partial charge >= 0.3 is 0 Å². The summed E-state index contributed by atoms with van der Waals surface area (Å²) in [6.07, 6.45) is 3.80. The number of benzene rings is 1. The molecule has 90 valence electrons. The van der Waals surface area contributed by atoms with Crippen LogP contribution in [0.5, 0.6) is 0 Å². The first-order valence-electron chi connectivity index (χ1n) is 5.91. The van der Waals surface area contributed by atoms with Crippen molar-refractivity contribution in [1.82, 2.24) is 0 Å². The first-order valence-corrected chi connectivity index (χ1v) is 7.30. The molecule has 0 amide bonds. The lowest BCUT2D eigenvalue weighted by molar-refractivity contribution is 0.107. The van der Waals surface area contributed by atoms with Crippen LogP contribution in [-0.2, 0) is 11.8 Å². The topological polar surface area (TPSA) is 44.0 Å². The zero-order valence-electron chi connectivity index (χ0n) is 10.0. The third-order valence-corrected chi connectivity index (χ3v) is 4.29. The molecular weight excluding hydrogens is 230 g/mol. The Morgan fingerprint density at radius 2 is 2.29 bits per heavy atom. The minimum absolute atomic E-state index is 0.552. The first-order chi connectivity index (χ1) is 8.24. The second kappa shape index (κ2) is 5.12. The molecule has 0 heterocycles. The Labute approximate surface area is 107 Å². The Morgan fingerprint density at radius 1 is 1.53 bits per heavy atom. The Morgan fingerprint density at radius 3 is 3.00 bits per heavy atom. The Bertz CT molecular complexity index is 440. The Kier molecular flexibility index (Phi) is 3.76. The van der Waals surface area contributed by atoms with Gasteiger partial charge in [-0.05, 0) is 42.4 Å². The molecule has 2 rings (SSSR count). The highest BCUT2D eigenvalue weighted by Gasteiger charge is 2.44. The zero-order valence-corrected chi connectivity index (χ0v) is 10.8. The fourth-order valence-electron chi connectivity index (χ4n) is 2.65. The van der Waals surface area contributed by atoms with Gasteiger partial charge in [-0.3, -0.25) is 0 Å². The number of nitrogens with zero attached hydrogens (tertiary/aromatic N) is 1. The molecule has 0 fully saturated rings. The van der Waals surface area contributed by atoms with Crippen molar-refractivity contribution in [2.75, 3.05) is 12.0 Å². The van der Waals surface area contributed by atoms with Crippen LogP contribution in [-0.4, -0.2) is 23.2 Å². The second-order valence-corrected chi connectivity index (χ2v) is 5.52. The lowest BCUT2D eigenvalue weighted by Crippen LogP contribution is -2.36. The number of aliphatic hydroxyl groups excluding tert-OH is 1. The Hall–Kier alpha value is -0.980. The van der Waals surface area contributed by atoms with Crippen LogP contribution < -0.4 is 0 Å². The highest BCUT2D eigenvalue weighted by Crippen LogP contribution is 2.42. The van der Waals surface area contributed by atoms with Crippen LogP contribution in [0.4, 0.5) is 0 Å². The number of fused-ring (bicyclic) bond motifs is 1. The number of aryl methyl sites for hydroxylation is 1. The number of nitriles is 1. The van der Waals surface area contributed by atoms with Gasteiger partial charge in [-0.25, -0.2) is 0 Å². The number of rotatable bonds is 4. The largest absolute Gasteiger partial charge is 0.391 e. The van der Waals surface area contributed by atoms with Crippen molar-refractivity contribution in [3.63, 3.8) is 0 Å². The van der Waals surface area contributed by atoms with E-state index in [1.165, 1.54) is 5.56 Å². The normalized spacial score (nSPS) is 24.1. The molecule has 0 saturated heterocycles. The highest BCUT2D eigenvalue weighted by molar-refractivity contribution is 7.98. The number of thioether (sulfide) groups is 1. The summed E-state index contributed by atoms with van der Waals surface area (Å²) in [6, 6.07) is 10.4. The van der Waals surface area contributed by atoms with Gasteiger partial charge in [0.25, 0.3) is 0 Å². The molecule has 0 saturated carbocycles. The molecular formula is C14H17NOS. The molecule has 1 aromatic carbocycles. The van der Waals surface area contributed by atoms with E-state index in [-0.39, 0.29) is 0 Å². The average molecular weight is 247 g/mol. The summed E-state index contributed by atoms with van der Waals surface area (Å²) in [5.74, 6) is 0.896. The van der Waals surface area contributed by atoms with Gasteiger partial charge in [-0.1, -0.05) is 24.3 Å². The van der Waals surface area contributed by atoms with E-state index in [1.807, 2.05) is 24.5 Å². The van der Waals surface area contributed by atoms with Gasteiger partial charge in [0.05, 0.1) is 12.2 Å². The molecule has 1 aliphatic carbocycles. The summed E-state index contributed by atoms with van der Waals surface area (Å²) >= 11 is 1.71. The quantitative estimate of drug-likeness (QED) is 0.889. The minimum Gasteiger partial charge on any atom is -0.391 e. The lowest BCUT2D eigenvalue weighted by Gasteiger charge is -2.28. The molecule has 1 N–H and O–H groups in total. The molecule has 0 spiro atoms. The van der Waals surface area contributed by atoms with Crippen molar-refractivity contribution in [3.05, 3.63) is 35.4 Å². The standard InChI is InChI=1S/C14H17NOS/c1-17-9-7-13(16)14(10-15)8-6-11-4-2-3-5-12(11)14/h2-5,13,16H,6-9H2,1H3. The van der Waals surface area contributed by atoms with Gasteiger partial charge in [-0.2, -0.15) is 17.0 Å². The van der Waals surface area contributed by atoms with E-state index in [1.54, 1.807) is 11.8 Å². The maximum atomic E-state index is 10.3. The molecule has 1 aliphatic rings. The number of aliphatic hydroxyl groups is 1. The predicted octanol–water partition coefficient (Wildman–Crippen LogP) is 2.51. The molecule has 0 bridgehead atoms. The van der Waals surface area contributed by atoms with E-state index in [2.05, 4.69) is 12.1 Å². The summed E-state index contributed by atoms with van der Waals surface area (Å²) in [4.78, 5) is 0. The zero-order chi connectivity index (χ0) is 12.3. The Balaban J connectivity index is 2.31. The van der Waals surface area contributed by atoms with Gasteiger partial charge in [-0.15, -0.1) is 0 Å². The van der Waals surface area contributed by atoms with E-state index in [9.17, 15) is 10.4 Å². The lowest BCUT2D eigenvalue weighted by atomic mass is 9.77. The molecule has 0 aliphatic heterocycles. The maximum absolute atomic E-state index is 10.3. The van der Waals surface area contributed by atoms with Crippen LogP contribution in [0, 0.1) is 11.3 Å². The third-order valence-electron chi connectivity index (χ3n) is 3.65. The molecule has 2 atom stereocenters. The summed E-state index contributed by atoms with van der Waals surface area (Å²) < 4.78 is 0. The van der Waals surface area contributed by atoms with Crippen LogP contribution in [0.2, 0.25) is 0 Å². The van der Waals surface area contributed by atoms with Crippen LogP contribution in [0.3, 0.4) is 0 Å². The number of hydrogen-bond acceptors (Lipinski definition) is 3. The molecule has 0 aromatic heterocycles. The van der Waals surface area contributed by atoms with E-state index in [4.69, 9.17) is 0 Å². The van der Waals surface area contributed by atoms with E-state index in [0.717, 1.165) is 24.2 Å². The highest BCUT2D eigenvalue weighted by atomic mass is 32.2. The molecule has 17 heavy (non-hydrogen) atoms. The van der Waals surface area contributed by atoms with Gasteiger partial charge in [0, 0.05) is 0 Å². The van der Waals surface area contributed by atoms with E-state index < -0.39 is 11.5 Å². The monoisotopic (exact) mass is 247 g/mol. The smallest absolute Gasteiger partial charge is 0.109 e.